The summed E-state index contributed by atoms with van der Waals surface area (Å²) >= 11 is 0. The van der Waals surface area contributed by atoms with Gasteiger partial charge in [-0.3, -0.25) is 4.98 Å². The second-order valence-electron chi connectivity index (χ2n) is 2.24. The van der Waals surface area contributed by atoms with E-state index in [4.69, 9.17) is 0 Å². The predicted molar refractivity (Wildman–Crippen MR) is 38.6 cm³/mol. The lowest BCUT2D eigenvalue weighted by Crippen LogP contribution is -1.89. The first-order chi connectivity index (χ1) is 5.24. The molecule has 0 saturated carbocycles. The second kappa shape index (κ2) is 3.42. The van der Waals surface area contributed by atoms with Gasteiger partial charge in [0.15, 0.2) is 0 Å². The maximum absolute atomic E-state index is 12.0. The van der Waals surface area contributed by atoms with Crippen molar-refractivity contribution in [3.63, 3.8) is 0 Å². The van der Waals surface area contributed by atoms with Gasteiger partial charge in [-0.25, -0.2) is 8.78 Å². The third kappa shape index (κ3) is 1.97. The largest absolute Gasteiger partial charge is 0.265 e. The first-order valence-electron chi connectivity index (χ1n) is 3.47. The average Bonchev–Trinajstić information content (AvgIpc) is 2.05. The summed E-state index contributed by atoms with van der Waals surface area (Å²) in [5, 5.41) is 0. The molecule has 0 unspecified atom stereocenters. The molecule has 11 heavy (non-hydrogen) atoms. The number of hydrogen-bond donors (Lipinski definition) is 0. The molecule has 0 spiro atoms. The van der Waals surface area contributed by atoms with Crippen LogP contribution in [-0.2, 0) is 6.42 Å². The third-order valence-electron chi connectivity index (χ3n) is 1.46. The molecule has 0 radical (unpaired) electrons. The first-order valence-corrected chi connectivity index (χ1v) is 3.47. The van der Waals surface area contributed by atoms with E-state index in [-0.39, 0.29) is 5.56 Å². The first kappa shape index (κ1) is 8.11. The molecule has 0 fully saturated rings. The van der Waals surface area contributed by atoms with Gasteiger partial charge in [-0.1, -0.05) is 6.92 Å². The fourth-order valence-electron chi connectivity index (χ4n) is 0.774. The summed E-state index contributed by atoms with van der Waals surface area (Å²) in [7, 11) is 0. The van der Waals surface area contributed by atoms with E-state index < -0.39 is 6.43 Å². The smallest absolute Gasteiger partial charge is 0.261 e. The van der Waals surface area contributed by atoms with Crippen LogP contribution in [-0.4, -0.2) is 4.98 Å². The molecule has 3 heteroatoms. The van der Waals surface area contributed by atoms with Gasteiger partial charge in [0.1, 0.15) is 0 Å². The Morgan fingerprint density at radius 3 is 2.55 bits per heavy atom. The van der Waals surface area contributed by atoms with Gasteiger partial charge in [0.2, 0.25) is 0 Å². The van der Waals surface area contributed by atoms with Crippen molar-refractivity contribution < 1.29 is 8.78 Å². The van der Waals surface area contributed by atoms with E-state index in [1.165, 1.54) is 12.3 Å². The average molecular weight is 157 g/mol. The van der Waals surface area contributed by atoms with E-state index in [2.05, 4.69) is 4.98 Å². The van der Waals surface area contributed by atoms with Gasteiger partial charge in [0.25, 0.3) is 6.43 Å². The number of aromatic nitrogens is 1. The van der Waals surface area contributed by atoms with Crippen LogP contribution in [0.4, 0.5) is 8.78 Å². The lowest BCUT2D eigenvalue weighted by molar-refractivity contribution is 0.151. The van der Waals surface area contributed by atoms with Gasteiger partial charge in [-0.15, -0.1) is 0 Å². The molecule has 0 amide bonds. The maximum atomic E-state index is 12.0. The molecular formula is C8H9F2N. The summed E-state index contributed by atoms with van der Waals surface area (Å²) < 4.78 is 23.9. The quantitative estimate of drug-likeness (QED) is 0.643. The molecule has 1 nitrogen and oxygen atoms in total. The highest BCUT2D eigenvalue weighted by atomic mass is 19.3. The monoisotopic (exact) mass is 157 g/mol. The Morgan fingerprint density at radius 2 is 2.18 bits per heavy atom. The molecular weight excluding hydrogens is 148 g/mol. The Labute approximate surface area is 64.1 Å². The summed E-state index contributed by atoms with van der Waals surface area (Å²) in [5.41, 5.74) is 0.830. The number of aryl methyl sites for hydroxylation is 1. The minimum atomic E-state index is -2.41. The van der Waals surface area contributed by atoms with Crippen molar-refractivity contribution in [2.45, 2.75) is 19.8 Å². The lowest BCUT2D eigenvalue weighted by atomic mass is 10.2. The van der Waals surface area contributed by atoms with Gasteiger partial charge < -0.3 is 0 Å². The molecule has 1 aromatic heterocycles. The van der Waals surface area contributed by atoms with Gasteiger partial charge >= 0.3 is 0 Å². The van der Waals surface area contributed by atoms with Crippen LogP contribution in [0.2, 0.25) is 0 Å². The molecule has 0 aliphatic heterocycles. The number of halogens is 2. The molecule has 1 rings (SSSR count). The number of hydrogen-bond acceptors (Lipinski definition) is 1. The second-order valence-corrected chi connectivity index (χ2v) is 2.24. The molecule has 0 aliphatic rings. The Balaban J connectivity index is 2.83. The Morgan fingerprint density at radius 1 is 1.45 bits per heavy atom. The van der Waals surface area contributed by atoms with Crippen LogP contribution in [0.15, 0.2) is 18.3 Å². The molecule has 0 bridgehead atoms. The normalized spacial score (nSPS) is 10.5. The molecule has 1 heterocycles. The van der Waals surface area contributed by atoms with Crippen molar-refractivity contribution >= 4 is 0 Å². The number of rotatable bonds is 2. The highest BCUT2D eigenvalue weighted by molar-refractivity contribution is 5.14. The summed E-state index contributed by atoms with van der Waals surface area (Å²) in [6.07, 6.45) is -0.402. The Hall–Kier alpha value is -0.990. The van der Waals surface area contributed by atoms with Crippen molar-refractivity contribution in [2.75, 3.05) is 0 Å². The van der Waals surface area contributed by atoms with E-state index >= 15 is 0 Å². The minimum absolute atomic E-state index is 0.0119. The summed E-state index contributed by atoms with van der Waals surface area (Å²) in [4.78, 5) is 3.84. The molecule has 0 saturated heterocycles. The van der Waals surface area contributed by atoms with Crippen molar-refractivity contribution in [3.8, 4) is 0 Å². The Bertz CT molecular complexity index is 218. The molecule has 0 atom stereocenters. The summed E-state index contributed by atoms with van der Waals surface area (Å²) in [5.74, 6) is 0. The van der Waals surface area contributed by atoms with Crippen molar-refractivity contribution in [2.24, 2.45) is 0 Å². The molecule has 0 aromatic carbocycles. The third-order valence-corrected chi connectivity index (χ3v) is 1.46. The lowest BCUT2D eigenvalue weighted by Gasteiger charge is -1.98. The van der Waals surface area contributed by atoms with Crippen LogP contribution in [0.5, 0.6) is 0 Å². The molecule has 1 aromatic rings. The van der Waals surface area contributed by atoms with E-state index in [0.717, 1.165) is 12.1 Å². The topological polar surface area (TPSA) is 12.9 Å². The van der Waals surface area contributed by atoms with Gasteiger partial charge in [-0.2, -0.15) is 0 Å². The molecule has 60 valence electrons. The van der Waals surface area contributed by atoms with Crippen LogP contribution in [0.25, 0.3) is 0 Å². The van der Waals surface area contributed by atoms with Crippen LogP contribution in [0.3, 0.4) is 0 Å². The highest BCUT2D eigenvalue weighted by Crippen LogP contribution is 2.16. The van der Waals surface area contributed by atoms with E-state index in [1.54, 1.807) is 6.07 Å². The van der Waals surface area contributed by atoms with Crippen molar-refractivity contribution in [1.29, 1.82) is 0 Å². The molecule has 0 N–H and O–H groups in total. The number of pyridine rings is 1. The van der Waals surface area contributed by atoms with Crippen molar-refractivity contribution in [1.82, 2.24) is 4.98 Å². The fraction of sp³-hybridized carbons (Fsp3) is 0.375. The van der Waals surface area contributed by atoms with Crippen LogP contribution < -0.4 is 0 Å². The van der Waals surface area contributed by atoms with Crippen LogP contribution in [0.1, 0.15) is 24.6 Å². The zero-order chi connectivity index (χ0) is 8.27. The van der Waals surface area contributed by atoms with Gasteiger partial charge in [0, 0.05) is 17.5 Å². The Kier molecular flexibility index (Phi) is 2.52. The number of alkyl halides is 2. The standard InChI is InChI=1S/C8H9F2N/c1-2-7-4-3-6(5-11-7)8(9)10/h3-5,8H,2H2,1H3. The van der Waals surface area contributed by atoms with Crippen LogP contribution >= 0.6 is 0 Å². The minimum Gasteiger partial charge on any atom is -0.261 e. The van der Waals surface area contributed by atoms with E-state index in [9.17, 15) is 8.78 Å². The predicted octanol–water partition coefficient (Wildman–Crippen LogP) is 2.58. The summed E-state index contributed by atoms with van der Waals surface area (Å²) in [6, 6.07) is 3.04. The fourth-order valence-corrected chi connectivity index (χ4v) is 0.774. The van der Waals surface area contributed by atoms with Gasteiger partial charge in [0.05, 0.1) is 0 Å². The van der Waals surface area contributed by atoms with Crippen LogP contribution in [0, 0.1) is 0 Å². The van der Waals surface area contributed by atoms with E-state index in [0.29, 0.717) is 0 Å². The van der Waals surface area contributed by atoms with Crippen molar-refractivity contribution in [3.05, 3.63) is 29.6 Å². The summed E-state index contributed by atoms with van der Waals surface area (Å²) in [6.45, 7) is 1.93. The zero-order valence-electron chi connectivity index (χ0n) is 6.22. The van der Waals surface area contributed by atoms with E-state index in [1.807, 2.05) is 6.92 Å². The highest BCUT2D eigenvalue weighted by Gasteiger charge is 2.05. The SMILES string of the molecule is CCc1ccc(C(F)F)cn1. The number of nitrogens with zero attached hydrogens (tertiary/aromatic N) is 1. The zero-order valence-corrected chi connectivity index (χ0v) is 6.22. The molecule has 0 aliphatic carbocycles. The van der Waals surface area contributed by atoms with Gasteiger partial charge in [-0.05, 0) is 18.6 Å². The maximum Gasteiger partial charge on any atom is 0.265 e.